The van der Waals surface area contributed by atoms with Gasteiger partial charge in [0, 0.05) is 10.5 Å². The van der Waals surface area contributed by atoms with Gasteiger partial charge in [0.25, 0.3) is 5.91 Å². The van der Waals surface area contributed by atoms with Crippen LogP contribution in [0.5, 0.6) is 5.75 Å². The minimum absolute atomic E-state index is 0.0939. The lowest BCUT2D eigenvalue weighted by molar-refractivity contribution is 0.0935. The first-order valence-corrected chi connectivity index (χ1v) is 8.08. The monoisotopic (exact) mass is 361 g/mol. The molecule has 0 bridgehead atoms. The van der Waals surface area contributed by atoms with Crippen molar-refractivity contribution in [1.82, 2.24) is 5.32 Å². The normalized spacial score (nSPS) is 11.8. The quantitative estimate of drug-likeness (QED) is 0.836. The van der Waals surface area contributed by atoms with Crippen LogP contribution in [-0.2, 0) is 6.42 Å². The molecule has 1 N–H and O–H groups in total. The molecule has 0 aliphatic carbocycles. The van der Waals surface area contributed by atoms with Crippen molar-refractivity contribution < 1.29 is 9.53 Å². The number of halogens is 1. The zero-order valence-corrected chi connectivity index (χ0v) is 14.4. The number of aryl methyl sites for hydroxylation is 1. The molecular formula is C18H20BrNO2. The molecule has 0 aromatic heterocycles. The van der Waals surface area contributed by atoms with Crippen LogP contribution >= 0.6 is 15.9 Å². The third kappa shape index (κ3) is 4.60. The van der Waals surface area contributed by atoms with Crippen molar-refractivity contribution in [3.8, 4) is 5.75 Å². The van der Waals surface area contributed by atoms with E-state index in [0.29, 0.717) is 11.3 Å². The number of benzene rings is 2. The molecule has 0 aliphatic rings. The molecule has 0 fully saturated rings. The third-order valence-corrected chi connectivity index (χ3v) is 3.99. The maximum Gasteiger partial charge on any atom is 0.255 e. The van der Waals surface area contributed by atoms with Gasteiger partial charge in [-0.3, -0.25) is 4.79 Å². The van der Waals surface area contributed by atoms with Gasteiger partial charge in [-0.1, -0.05) is 46.3 Å². The predicted octanol–water partition coefficient (Wildman–Crippen LogP) is 4.21. The lowest BCUT2D eigenvalue weighted by Gasteiger charge is -2.15. The minimum atomic E-state index is -0.112. The Balaban J connectivity index is 1.95. The number of hydrogen-bond donors (Lipinski definition) is 1. The fraction of sp³-hybridized carbons (Fsp3) is 0.278. The van der Waals surface area contributed by atoms with E-state index in [0.717, 1.165) is 17.3 Å². The van der Waals surface area contributed by atoms with Crippen molar-refractivity contribution in [3.05, 3.63) is 64.1 Å². The summed E-state index contributed by atoms with van der Waals surface area (Å²) in [6, 6.07) is 15.8. The number of carbonyl (C=O) groups is 1. The maximum atomic E-state index is 12.4. The molecule has 2 aromatic carbocycles. The second-order valence-electron chi connectivity index (χ2n) is 5.24. The largest absolute Gasteiger partial charge is 0.496 e. The standard InChI is InChI=1S/C18H20BrNO2/c1-13(8-9-14-6-4-3-5-7-14)20-18(21)16-12-15(19)10-11-17(16)22-2/h3-7,10-13H,8-9H2,1-2H3,(H,20,21)/t13-/m1/s1. The summed E-state index contributed by atoms with van der Waals surface area (Å²) >= 11 is 3.39. The fourth-order valence-electron chi connectivity index (χ4n) is 2.26. The van der Waals surface area contributed by atoms with Crippen molar-refractivity contribution >= 4 is 21.8 Å². The topological polar surface area (TPSA) is 38.3 Å². The SMILES string of the molecule is COc1ccc(Br)cc1C(=O)N[C@H](C)CCc1ccccc1. The van der Waals surface area contributed by atoms with Gasteiger partial charge < -0.3 is 10.1 Å². The Labute approximate surface area is 139 Å². The van der Waals surface area contributed by atoms with E-state index in [2.05, 4.69) is 33.4 Å². The molecule has 0 saturated heterocycles. The van der Waals surface area contributed by atoms with Gasteiger partial charge in [0.05, 0.1) is 12.7 Å². The van der Waals surface area contributed by atoms with Gasteiger partial charge >= 0.3 is 0 Å². The first kappa shape index (κ1) is 16.6. The molecular weight excluding hydrogens is 342 g/mol. The van der Waals surface area contributed by atoms with E-state index < -0.39 is 0 Å². The number of amides is 1. The van der Waals surface area contributed by atoms with Crippen molar-refractivity contribution in [3.63, 3.8) is 0 Å². The Morgan fingerprint density at radius 2 is 1.95 bits per heavy atom. The van der Waals surface area contributed by atoms with Gasteiger partial charge in [0.1, 0.15) is 5.75 Å². The summed E-state index contributed by atoms with van der Waals surface area (Å²) in [4.78, 5) is 12.4. The van der Waals surface area contributed by atoms with Crippen LogP contribution in [0.4, 0.5) is 0 Å². The van der Waals surface area contributed by atoms with Gasteiger partial charge in [-0.05, 0) is 43.5 Å². The first-order chi connectivity index (χ1) is 10.6. The zero-order chi connectivity index (χ0) is 15.9. The molecule has 0 aliphatic heterocycles. The summed E-state index contributed by atoms with van der Waals surface area (Å²) in [5.74, 6) is 0.467. The second kappa shape index (κ2) is 7.99. The average molecular weight is 362 g/mol. The van der Waals surface area contributed by atoms with Gasteiger partial charge in [-0.25, -0.2) is 0 Å². The van der Waals surface area contributed by atoms with E-state index in [4.69, 9.17) is 4.74 Å². The number of nitrogens with one attached hydrogen (secondary N) is 1. The smallest absolute Gasteiger partial charge is 0.255 e. The molecule has 22 heavy (non-hydrogen) atoms. The van der Waals surface area contributed by atoms with Crippen LogP contribution in [0.1, 0.15) is 29.3 Å². The Hall–Kier alpha value is -1.81. The summed E-state index contributed by atoms with van der Waals surface area (Å²) in [7, 11) is 1.57. The van der Waals surface area contributed by atoms with Crippen molar-refractivity contribution in [2.45, 2.75) is 25.8 Å². The minimum Gasteiger partial charge on any atom is -0.496 e. The average Bonchev–Trinajstić information content (AvgIpc) is 2.54. The predicted molar refractivity (Wildman–Crippen MR) is 92.4 cm³/mol. The second-order valence-corrected chi connectivity index (χ2v) is 6.16. The van der Waals surface area contributed by atoms with Crippen molar-refractivity contribution in [1.29, 1.82) is 0 Å². The first-order valence-electron chi connectivity index (χ1n) is 7.28. The molecule has 1 atom stereocenters. The fourth-order valence-corrected chi connectivity index (χ4v) is 2.62. The van der Waals surface area contributed by atoms with E-state index in [1.165, 1.54) is 5.56 Å². The summed E-state index contributed by atoms with van der Waals surface area (Å²) in [6.45, 7) is 2.02. The van der Waals surface area contributed by atoms with Crippen molar-refractivity contribution in [2.24, 2.45) is 0 Å². The van der Waals surface area contributed by atoms with E-state index in [-0.39, 0.29) is 11.9 Å². The van der Waals surface area contributed by atoms with Gasteiger partial charge in [-0.15, -0.1) is 0 Å². The summed E-state index contributed by atoms with van der Waals surface area (Å²) in [6.07, 6.45) is 1.84. The summed E-state index contributed by atoms with van der Waals surface area (Å²) < 4.78 is 6.11. The Kier molecular flexibility index (Phi) is 6.01. The molecule has 2 rings (SSSR count). The number of carbonyl (C=O) groups excluding carboxylic acids is 1. The van der Waals surface area contributed by atoms with Crippen LogP contribution in [0, 0.1) is 0 Å². The van der Waals surface area contributed by atoms with Crippen LogP contribution < -0.4 is 10.1 Å². The van der Waals surface area contributed by atoms with Crippen LogP contribution in [-0.4, -0.2) is 19.1 Å². The number of methoxy groups -OCH3 is 1. The molecule has 2 aromatic rings. The van der Waals surface area contributed by atoms with Crippen LogP contribution in [0.3, 0.4) is 0 Å². The molecule has 0 radical (unpaired) electrons. The van der Waals surface area contributed by atoms with Gasteiger partial charge in [0.2, 0.25) is 0 Å². The number of hydrogen-bond acceptors (Lipinski definition) is 2. The lowest BCUT2D eigenvalue weighted by Crippen LogP contribution is -2.33. The highest BCUT2D eigenvalue weighted by Crippen LogP contribution is 2.23. The maximum absolute atomic E-state index is 12.4. The highest BCUT2D eigenvalue weighted by atomic mass is 79.9. The molecule has 116 valence electrons. The van der Waals surface area contributed by atoms with E-state index in [9.17, 15) is 4.79 Å². The van der Waals surface area contributed by atoms with Crippen LogP contribution in [0.2, 0.25) is 0 Å². The molecule has 1 amide bonds. The van der Waals surface area contributed by atoms with E-state index in [1.54, 1.807) is 19.2 Å². The Morgan fingerprint density at radius 3 is 2.64 bits per heavy atom. The lowest BCUT2D eigenvalue weighted by atomic mass is 10.1. The van der Waals surface area contributed by atoms with Crippen molar-refractivity contribution in [2.75, 3.05) is 7.11 Å². The highest BCUT2D eigenvalue weighted by Gasteiger charge is 2.15. The van der Waals surface area contributed by atoms with Gasteiger partial charge in [-0.2, -0.15) is 0 Å². The summed E-state index contributed by atoms with van der Waals surface area (Å²) in [5, 5.41) is 3.03. The van der Waals surface area contributed by atoms with Crippen LogP contribution in [0.25, 0.3) is 0 Å². The molecule has 0 spiro atoms. The van der Waals surface area contributed by atoms with E-state index in [1.807, 2.05) is 31.2 Å². The molecule has 4 heteroatoms. The number of ether oxygens (including phenoxy) is 1. The molecule has 0 heterocycles. The third-order valence-electron chi connectivity index (χ3n) is 3.49. The molecule has 3 nitrogen and oxygen atoms in total. The highest BCUT2D eigenvalue weighted by molar-refractivity contribution is 9.10. The van der Waals surface area contributed by atoms with Gasteiger partial charge in [0.15, 0.2) is 0 Å². The molecule has 0 unspecified atom stereocenters. The Bertz CT molecular complexity index is 628. The molecule has 0 saturated carbocycles. The zero-order valence-electron chi connectivity index (χ0n) is 12.8. The number of rotatable bonds is 6. The van der Waals surface area contributed by atoms with Crippen LogP contribution in [0.15, 0.2) is 53.0 Å². The Morgan fingerprint density at radius 1 is 1.23 bits per heavy atom. The van der Waals surface area contributed by atoms with E-state index >= 15 is 0 Å². The summed E-state index contributed by atoms with van der Waals surface area (Å²) in [5.41, 5.74) is 1.83.